The molecule has 2 aromatic rings. The molecule has 0 radical (unpaired) electrons. The quantitative estimate of drug-likeness (QED) is 0.388. The summed E-state index contributed by atoms with van der Waals surface area (Å²) >= 11 is 10.9. The molecule has 0 amide bonds. The van der Waals surface area contributed by atoms with Crippen molar-refractivity contribution in [2.75, 3.05) is 20.1 Å². The Morgan fingerprint density at radius 1 is 0.905 bits per heavy atom. The number of methoxy groups -OCH3 is 2. The maximum Gasteiger partial charge on any atom is 0.119 e. The minimum absolute atomic E-state index is 0.155. The van der Waals surface area contributed by atoms with Crippen molar-refractivity contribution < 1.29 is 9.47 Å². The molecule has 0 fully saturated rings. The summed E-state index contributed by atoms with van der Waals surface area (Å²) in [6.07, 6.45) is 0. The Hall–Kier alpha value is -0.210. The predicted octanol–water partition coefficient (Wildman–Crippen LogP) is 5.28. The molecule has 0 atom stereocenters. The van der Waals surface area contributed by atoms with Crippen LogP contribution in [0.2, 0.25) is 0 Å². The topological polar surface area (TPSA) is 18.5 Å². The van der Waals surface area contributed by atoms with E-state index < -0.39 is 0 Å². The molecule has 0 unspecified atom stereocenters. The van der Waals surface area contributed by atoms with E-state index in [9.17, 15) is 0 Å². The Bertz CT molecular complexity index is 578. The van der Waals surface area contributed by atoms with Crippen LogP contribution in [0.1, 0.15) is 17.0 Å². The summed E-state index contributed by atoms with van der Waals surface area (Å²) in [5, 5.41) is 0. The van der Waals surface area contributed by atoms with Crippen molar-refractivity contribution >= 4 is 56.8 Å². The number of hydrogen-bond acceptors (Lipinski definition) is 2. The largest absolute Gasteiger partial charge is 0.497 e. The summed E-state index contributed by atoms with van der Waals surface area (Å²) in [7, 11) is 3.35. The van der Waals surface area contributed by atoms with Gasteiger partial charge in [-0.05, 0) is 80.6 Å². The fourth-order valence-electron chi connectivity index (χ4n) is 2.17. The van der Waals surface area contributed by atoms with E-state index in [-0.39, 0.29) is 5.92 Å². The van der Waals surface area contributed by atoms with Crippen molar-refractivity contribution in [3.63, 3.8) is 0 Å². The Labute approximate surface area is 157 Å². The molecule has 2 nitrogen and oxygen atoms in total. The van der Waals surface area contributed by atoms with Gasteiger partial charge in [0.1, 0.15) is 11.5 Å². The van der Waals surface area contributed by atoms with Crippen LogP contribution in [0, 0.1) is 7.14 Å². The maximum atomic E-state index is 6.26. The van der Waals surface area contributed by atoms with Crippen LogP contribution in [0.4, 0.5) is 0 Å². The Kier molecular flexibility index (Phi) is 6.43. The second-order valence-electron chi connectivity index (χ2n) is 4.48. The first-order chi connectivity index (χ1) is 10.1. The molecule has 0 N–H and O–H groups in total. The number of ether oxygens (including phenoxy) is 2. The van der Waals surface area contributed by atoms with Crippen LogP contribution in [0.25, 0.3) is 0 Å². The molecule has 2 rings (SSSR count). The van der Waals surface area contributed by atoms with Gasteiger partial charge in [-0.3, -0.25) is 0 Å². The van der Waals surface area contributed by atoms with Gasteiger partial charge in [0.15, 0.2) is 0 Å². The molecule has 0 bridgehead atoms. The highest BCUT2D eigenvalue weighted by Crippen LogP contribution is 2.35. The summed E-state index contributed by atoms with van der Waals surface area (Å²) in [5.41, 5.74) is 2.43. The zero-order valence-electron chi connectivity index (χ0n) is 11.7. The standard InChI is InChI=1S/C16H15ClI2O2/c1-20-10-3-5-12(15(18)7-10)14(9-17)13-6-4-11(21-2)8-16(13)19/h3-8,14H,9H2,1-2H3. The van der Waals surface area contributed by atoms with Crippen LogP contribution in [-0.2, 0) is 0 Å². The number of halogens is 3. The molecular weight excluding hydrogens is 513 g/mol. The van der Waals surface area contributed by atoms with Crippen LogP contribution in [0.15, 0.2) is 36.4 Å². The lowest BCUT2D eigenvalue weighted by Crippen LogP contribution is -2.07. The first kappa shape index (κ1) is 17.1. The monoisotopic (exact) mass is 528 g/mol. The van der Waals surface area contributed by atoms with Crippen molar-refractivity contribution in [1.82, 2.24) is 0 Å². The molecule has 0 aliphatic heterocycles. The van der Waals surface area contributed by atoms with Crippen molar-refractivity contribution in [1.29, 1.82) is 0 Å². The van der Waals surface area contributed by atoms with Crippen molar-refractivity contribution in [2.45, 2.75) is 5.92 Å². The third-order valence-corrected chi connectivity index (χ3v) is 5.50. The van der Waals surface area contributed by atoms with Crippen LogP contribution in [0.3, 0.4) is 0 Å². The summed E-state index contributed by atoms with van der Waals surface area (Å²) in [6, 6.07) is 12.2. The number of rotatable bonds is 5. The number of alkyl halides is 1. The molecule has 0 spiro atoms. The van der Waals surface area contributed by atoms with E-state index in [1.807, 2.05) is 24.3 Å². The minimum Gasteiger partial charge on any atom is -0.497 e. The van der Waals surface area contributed by atoms with E-state index >= 15 is 0 Å². The van der Waals surface area contributed by atoms with Crippen molar-refractivity contribution in [3.05, 3.63) is 54.7 Å². The molecule has 0 aliphatic rings. The highest BCUT2D eigenvalue weighted by atomic mass is 127. The zero-order valence-corrected chi connectivity index (χ0v) is 16.8. The molecule has 21 heavy (non-hydrogen) atoms. The lowest BCUT2D eigenvalue weighted by Gasteiger charge is -2.19. The fraction of sp³-hybridized carbons (Fsp3) is 0.250. The fourth-order valence-corrected chi connectivity index (χ4v) is 4.23. The van der Waals surface area contributed by atoms with E-state index in [1.54, 1.807) is 14.2 Å². The summed E-state index contributed by atoms with van der Waals surface area (Å²) in [6.45, 7) is 0. The zero-order chi connectivity index (χ0) is 15.4. The summed E-state index contributed by atoms with van der Waals surface area (Å²) < 4.78 is 12.8. The van der Waals surface area contributed by atoms with Gasteiger partial charge >= 0.3 is 0 Å². The number of hydrogen-bond donors (Lipinski definition) is 0. The molecule has 0 heterocycles. The molecule has 0 saturated heterocycles. The molecule has 112 valence electrons. The van der Waals surface area contributed by atoms with Gasteiger partial charge < -0.3 is 9.47 Å². The second-order valence-corrected chi connectivity index (χ2v) is 7.11. The highest BCUT2D eigenvalue weighted by molar-refractivity contribution is 14.1. The van der Waals surface area contributed by atoms with Gasteiger partial charge in [-0.25, -0.2) is 0 Å². The number of benzene rings is 2. The van der Waals surface area contributed by atoms with Crippen LogP contribution in [0.5, 0.6) is 11.5 Å². The van der Waals surface area contributed by atoms with Crippen LogP contribution in [-0.4, -0.2) is 20.1 Å². The summed E-state index contributed by atoms with van der Waals surface area (Å²) in [4.78, 5) is 0. The molecule has 2 aromatic carbocycles. The molecule has 0 aromatic heterocycles. The van der Waals surface area contributed by atoms with Crippen LogP contribution < -0.4 is 9.47 Å². The SMILES string of the molecule is COc1ccc(C(CCl)c2ccc(OC)cc2I)c(I)c1. The Morgan fingerprint density at radius 3 is 1.62 bits per heavy atom. The first-order valence-corrected chi connectivity index (χ1v) is 9.02. The smallest absolute Gasteiger partial charge is 0.119 e. The van der Waals surface area contributed by atoms with E-state index in [2.05, 4.69) is 57.3 Å². The molecular formula is C16H15ClI2O2. The van der Waals surface area contributed by atoms with Gasteiger partial charge in [0.2, 0.25) is 0 Å². The first-order valence-electron chi connectivity index (χ1n) is 6.33. The lowest BCUT2D eigenvalue weighted by atomic mass is 9.93. The lowest BCUT2D eigenvalue weighted by molar-refractivity contribution is 0.414. The highest BCUT2D eigenvalue weighted by Gasteiger charge is 2.19. The van der Waals surface area contributed by atoms with E-state index in [4.69, 9.17) is 21.1 Å². The van der Waals surface area contributed by atoms with Gasteiger partial charge in [0.25, 0.3) is 0 Å². The average Bonchev–Trinajstić information content (AvgIpc) is 2.50. The summed E-state index contributed by atoms with van der Waals surface area (Å²) in [5.74, 6) is 2.41. The third kappa shape index (κ3) is 3.96. The van der Waals surface area contributed by atoms with Gasteiger partial charge in [0.05, 0.1) is 14.2 Å². The van der Waals surface area contributed by atoms with Gasteiger partial charge in [-0.1, -0.05) is 12.1 Å². The Balaban J connectivity index is 2.44. The third-order valence-electron chi connectivity index (χ3n) is 3.32. The van der Waals surface area contributed by atoms with Crippen molar-refractivity contribution in [3.8, 4) is 11.5 Å². The maximum absolute atomic E-state index is 6.26. The van der Waals surface area contributed by atoms with Crippen molar-refractivity contribution in [2.24, 2.45) is 0 Å². The van der Waals surface area contributed by atoms with E-state index in [0.29, 0.717) is 5.88 Å². The molecule has 0 aliphatic carbocycles. The van der Waals surface area contributed by atoms with E-state index in [0.717, 1.165) is 18.6 Å². The van der Waals surface area contributed by atoms with Gasteiger partial charge in [0, 0.05) is 18.9 Å². The molecule has 0 saturated carbocycles. The molecule has 5 heteroatoms. The minimum atomic E-state index is 0.155. The van der Waals surface area contributed by atoms with E-state index in [1.165, 1.54) is 11.1 Å². The van der Waals surface area contributed by atoms with Gasteiger partial charge in [-0.2, -0.15) is 0 Å². The average molecular weight is 529 g/mol. The normalized spacial score (nSPS) is 10.8. The second kappa shape index (κ2) is 7.87. The predicted molar refractivity (Wildman–Crippen MR) is 104 cm³/mol. The Morgan fingerprint density at radius 2 is 1.33 bits per heavy atom. The van der Waals surface area contributed by atoms with Crippen LogP contribution >= 0.6 is 56.8 Å². The van der Waals surface area contributed by atoms with Gasteiger partial charge in [-0.15, -0.1) is 11.6 Å².